The lowest BCUT2D eigenvalue weighted by Crippen LogP contribution is -2.60. The fourth-order valence-corrected chi connectivity index (χ4v) is 7.52. The predicted molar refractivity (Wildman–Crippen MR) is 176 cm³/mol. The summed E-state index contributed by atoms with van der Waals surface area (Å²) in [6, 6.07) is 10.1. The zero-order chi connectivity index (χ0) is 37.3. The molecule has 3 unspecified atom stereocenters. The Balaban J connectivity index is 1.28. The van der Waals surface area contributed by atoms with Crippen molar-refractivity contribution in [3.63, 3.8) is 0 Å². The number of hydrogen-bond acceptors (Lipinski definition) is 7. The van der Waals surface area contributed by atoms with Gasteiger partial charge in [-0.25, -0.2) is 9.37 Å². The number of nitriles is 1. The Hall–Kier alpha value is -6.11. The van der Waals surface area contributed by atoms with Crippen LogP contribution in [0, 0.1) is 17.1 Å². The van der Waals surface area contributed by atoms with Crippen LogP contribution in [-0.2, 0) is 29.2 Å². The van der Waals surface area contributed by atoms with Crippen LogP contribution in [0.5, 0.6) is 0 Å². The number of carboxylic acid groups (broad SMARTS) is 1. The Bertz CT molecular complexity index is 2340. The van der Waals surface area contributed by atoms with Crippen molar-refractivity contribution < 1.29 is 37.1 Å². The number of aromatic amines is 1. The van der Waals surface area contributed by atoms with Crippen molar-refractivity contribution >= 4 is 28.8 Å². The van der Waals surface area contributed by atoms with E-state index in [9.17, 15) is 37.9 Å². The van der Waals surface area contributed by atoms with E-state index in [2.05, 4.69) is 31.7 Å². The Morgan fingerprint density at radius 3 is 2.62 bits per heavy atom. The molecule has 266 valence electrons. The summed E-state index contributed by atoms with van der Waals surface area (Å²) < 4.78 is 58.0. The molecule has 0 spiro atoms. The summed E-state index contributed by atoms with van der Waals surface area (Å²) in [4.78, 5) is 47.5. The molecule has 4 heterocycles. The molecule has 5 aromatic rings. The van der Waals surface area contributed by atoms with E-state index in [0.29, 0.717) is 27.7 Å². The summed E-state index contributed by atoms with van der Waals surface area (Å²) in [5.41, 5.74) is -2.17. The number of H-pyrrole nitrogens is 1. The number of carbonyl (C=O) groups is 3. The SMILES string of the molecule is Cn1cc(C2CC2(C(=O)NC(C)(C)C(C(=O)O)c2cccc(C(F)(F)F)c2)N2CCc3c(-c4nc5cn[nH]c5cc4C#N)ccc(F)c3C2=O)cn1. The number of hydrogen-bond donors (Lipinski definition) is 3. The van der Waals surface area contributed by atoms with Gasteiger partial charge in [-0.05, 0) is 67.6 Å². The summed E-state index contributed by atoms with van der Waals surface area (Å²) in [6.45, 7) is 2.71. The number of fused-ring (bicyclic) bond motifs is 2. The highest BCUT2D eigenvalue weighted by Crippen LogP contribution is 2.57. The molecule has 16 heteroatoms. The van der Waals surface area contributed by atoms with E-state index in [0.717, 1.165) is 24.3 Å². The molecule has 0 saturated heterocycles. The molecule has 1 aliphatic heterocycles. The van der Waals surface area contributed by atoms with Crippen molar-refractivity contribution in [1.29, 1.82) is 5.26 Å². The van der Waals surface area contributed by atoms with Crippen LogP contribution in [-0.4, -0.2) is 70.4 Å². The van der Waals surface area contributed by atoms with Gasteiger partial charge in [0.2, 0.25) is 5.91 Å². The van der Waals surface area contributed by atoms with Crippen LogP contribution in [0.3, 0.4) is 0 Å². The Labute approximate surface area is 293 Å². The van der Waals surface area contributed by atoms with Crippen molar-refractivity contribution in [1.82, 2.24) is 35.2 Å². The van der Waals surface area contributed by atoms with E-state index in [4.69, 9.17) is 0 Å². The second-order valence-electron chi connectivity index (χ2n) is 13.7. The molecule has 0 bridgehead atoms. The lowest BCUT2D eigenvalue weighted by molar-refractivity contribution is -0.142. The number of nitrogens with one attached hydrogen (secondary N) is 2. The Morgan fingerprint density at radius 1 is 1.17 bits per heavy atom. The number of aryl methyl sites for hydroxylation is 1. The third-order valence-corrected chi connectivity index (χ3v) is 9.99. The number of benzene rings is 2. The summed E-state index contributed by atoms with van der Waals surface area (Å²) in [5.74, 6) is -6.12. The molecule has 1 fully saturated rings. The van der Waals surface area contributed by atoms with Gasteiger partial charge in [0.1, 0.15) is 28.9 Å². The van der Waals surface area contributed by atoms with Gasteiger partial charge in [-0.15, -0.1) is 0 Å². The molecular weight excluding hydrogens is 684 g/mol. The first-order chi connectivity index (χ1) is 24.6. The molecular formula is C36H30F4N8O4. The fourth-order valence-electron chi connectivity index (χ4n) is 7.52. The highest BCUT2D eigenvalue weighted by Gasteiger charge is 2.67. The molecule has 12 nitrogen and oxygen atoms in total. The minimum atomic E-state index is -4.74. The minimum absolute atomic E-state index is 0.0568. The zero-order valence-electron chi connectivity index (χ0n) is 27.9. The standard InChI is InChI=1S/C36H30F4N8O4/c1-34(2,29(32(50)51)18-5-4-6-21(11-18)36(38,39)40)45-33(52)35(13-24(35)20-15-43-47(3)17-20)48-10-9-22-23(7-8-25(37)28(22)31(48)49)30-19(14-41)12-26-27(44-30)16-42-46-26/h4-8,11-12,15-17,24,29H,9-10,13H2,1-3H3,(H,42,46)(H,45,52)(H,50,51). The smallest absolute Gasteiger partial charge is 0.416 e. The van der Waals surface area contributed by atoms with Crippen LogP contribution in [0.1, 0.15) is 70.3 Å². The van der Waals surface area contributed by atoms with Gasteiger partial charge >= 0.3 is 12.1 Å². The Morgan fingerprint density at radius 2 is 1.94 bits per heavy atom. The first-order valence-corrected chi connectivity index (χ1v) is 16.2. The molecule has 2 aliphatic rings. The van der Waals surface area contributed by atoms with E-state index < -0.39 is 58.3 Å². The van der Waals surface area contributed by atoms with Crippen LogP contribution >= 0.6 is 0 Å². The minimum Gasteiger partial charge on any atom is -0.481 e. The van der Waals surface area contributed by atoms with E-state index in [1.807, 2.05) is 0 Å². The summed E-state index contributed by atoms with van der Waals surface area (Å²) in [5, 5.41) is 33.9. The number of carbonyl (C=O) groups excluding carboxylic acids is 2. The lowest BCUT2D eigenvalue weighted by Gasteiger charge is -2.40. The second kappa shape index (κ2) is 12.0. The molecule has 1 aliphatic carbocycles. The molecule has 52 heavy (non-hydrogen) atoms. The van der Waals surface area contributed by atoms with Gasteiger partial charge in [0.25, 0.3) is 5.91 Å². The second-order valence-corrected chi connectivity index (χ2v) is 13.7. The largest absolute Gasteiger partial charge is 0.481 e. The van der Waals surface area contributed by atoms with Gasteiger partial charge in [-0.2, -0.15) is 28.6 Å². The fraction of sp³-hybridized carbons (Fsp3) is 0.306. The topological polar surface area (TPSA) is 170 Å². The van der Waals surface area contributed by atoms with Gasteiger partial charge in [0.15, 0.2) is 0 Å². The molecule has 1 saturated carbocycles. The molecule has 2 aromatic carbocycles. The average Bonchev–Trinajstić information content (AvgIpc) is 3.39. The normalized spacial score (nSPS) is 19.2. The van der Waals surface area contributed by atoms with Crippen molar-refractivity contribution in [3.8, 4) is 17.3 Å². The molecule has 0 radical (unpaired) electrons. The number of aromatic nitrogens is 5. The van der Waals surface area contributed by atoms with Gasteiger partial charge in [0, 0.05) is 31.3 Å². The van der Waals surface area contributed by atoms with Crippen molar-refractivity contribution in [2.45, 2.75) is 55.8 Å². The highest BCUT2D eigenvalue weighted by atomic mass is 19.4. The number of aliphatic carboxylic acids is 1. The first-order valence-electron chi connectivity index (χ1n) is 16.2. The summed E-state index contributed by atoms with van der Waals surface area (Å²) in [6.07, 6.45) is 0.108. The number of amides is 2. The number of rotatable bonds is 8. The number of alkyl halides is 3. The third-order valence-electron chi connectivity index (χ3n) is 9.99. The maximum Gasteiger partial charge on any atom is 0.416 e. The van der Waals surface area contributed by atoms with Gasteiger partial charge < -0.3 is 15.3 Å². The zero-order valence-corrected chi connectivity index (χ0v) is 27.9. The highest BCUT2D eigenvalue weighted by molar-refractivity contribution is 6.05. The number of carboxylic acids is 1. The molecule has 7 rings (SSSR count). The molecule has 2 amide bonds. The molecule has 3 aromatic heterocycles. The van der Waals surface area contributed by atoms with Crippen molar-refractivity contribution in [3.05, 3.63) is 100 Å². The first kappa shape index (κ1) is 34.3. The van der Waals surface area contributed by atoms with Crippen LogP contribution in [0.2, 0.25) is 0 Å². The van der Waals surface area contributed by atoms with Crippen LogP contribution in [0.25, 0.3) is 22.3 Å². The maximum absolute atomic E-state index is 15.8. The third kappa shape index (κ3) is 5.52. The maximum atomic E-state index is 15.8. The quantitative estimate of drug-likeness (QED) is 0.187. The number of nitrogens with zero attached hydrogens (tertiary/aromatic N) is 6. The van der Waals surface area contributed by atoms with E-state index in [1.165, 1.54) is 48.0 Å². The predicted octanol–water partition coefficient (Wildman–Crippen LogP) is 5.08. The average molecular weight is 715 g/mol. The summed E-state index contributed by atoms with van der Waals surface area (Å²) >= 11 is 0. The van der Waals surface area contributed by atoms with Gasteiger partial charge in [-0.1, -0.05) is 18.2 Å². The van der Waals surface area contributed by atoms with Crippen LogP contribution in [0.4, 0.5) is 17.6 Å². The van der Waals surface area contributed by atoms with E-state index in [-0.39, 0.29) is 41.8 Å². The van der Waals surface area contributed by atoms with Gasteiger partial charge in [0.05, 0.1) is 45.8 Å². The summed E-state index contributed by atoms with van der Waals surface area (Å²) in [7, 11) is 1.67. The van der Waals surface area contributed by atoms with E-state index in [1.54, 1.807) is 19.3 Å². The Kier molecular flexibility index (Phi) is 7.93. The molecule has 3 N–H and O–H groups in total. The van der Waals surface area contributed by atoms with E-state index >= 15 is 4.39 Å². The monoisotopic (exact) mass is 714 g/mol. The van der Waals surface area contributed by atoms with Crippen molar-refractivity contribution in [2.24, 2.45) is 7.05 Å². The van der Waals surface area contributed by atoms with Crippen molar-refractivity contribution in [2.75, 3.05) is 6.54 Å². The van der Waals surface area contributed by atoms with Crippen LogP contribution < -0.4 is 5.32 Å². The molecule has 3 atom stereocenters. The number of halogens is 4. The number of pyridine rings is 1. The van der Waals surface area contributed by atoms with Gasteiger partial charge in [-0.3, -0.25) is 24.2 Å². The van der Waals surface area contributed by atoms with Crippen LogP contribution in [0.15, 0.2) is 61.1 Å². The lowest BCUT2D eigenvalue weighted by atomic mass is 9.80.